The monoisotopic (exact) mass is 360 g/mol. The van der Waals surface area contributed by atoms with Crippen LogP contribution in [0.5, 0.6) is 0 Å². The third kappa shape index (κ3) is 4.21. The molecule has 2 aromatic rings. The maximum Gasteiger partial charge on any atom is 0.268 e. The van der Waals surface area contributed by atoms with Crippen LogP contribution in [0.2, 0.25) is 0 Å². The van der Waals surface area contributed by atoms with Crippen LogP contribution >= 0.6 is 11.3 Å². The predicted octanol–water partition coefficient (Wildman–Crippen LogP) is 2.63. The molecule has 1 N–H and O–H groups in total. The van der Waals surface area contributed by atoms with E-state index in [-0.39, 0.29) is 17.9 Å². The second-order valence-corrected chi connectivity index (χ2v) is 6.82. The maximum atomic E-state index is 12.5. The quantitative estimate of drug-likeness (QED) is 0.886. The van der Waals surface area contributed by atoms with Gasteiger partial charge in [-0.25, -0.2) is 9.97 Å². The highest BCUT2D eigenvalue weighted by Crippen LogP contribution is 2.28. The van der Waals surface area contributed by atoms with E-state index in [1.165, 1.54) is 18.3 Å². The second-order valence-electron chi connectivity index (χ2n) is 5.84. The molecular formula is C17H20N4O3S. The summed E-state index contributed by atoms with van der Waals surface area (Å²) in [5, 5.41) is 3.27. The number of carbonyl (C=O) groups is 2. The molecule has 1 aliphatic heterocycles. The first kappa shape index (κ1) is 17.5. The summed E-state index contributed by atoms with van der Waals surface area (Å²) in [4.78, 5) is 35.1. The van der Waals surface area contributed by atoms with E-state index in [1.54, 1.807) is 36.2 Å². The fraction of sp³-hybridized carbons (Fsp3) is 0.412. The molecule has 0 bridgehead atoms. The Kier molecular flexibility index (Phi) is 5.40. The van der Waals surface area contributed by atoms with Crippen LogP contribution in [-0.4, -0.2) is 41.0 Å². The second kappa shape index (κ2) is 7.71. The number of rotatable bonds is 5. The number of amides is 2. The van der Waals surface area contributed by atoms with Gasteiger partial charge >= 0.3 is 0 Å². The fourth-order valence-electron chi connectivity index (χ4n) is 2.65. The maximum absolute atomic E-state index is 12.5. The number of hydrogen-bond donors (Lipinski definition) is 1. The zero-order chi connectivity index (χ0) is 17.8. The first-order chi connectivity index (χ1) is 12.0. The number of nitrogens with one attached hydrogen (secondary N) is 1. The summed E-state index contributed by atoms with van der Waals surface area (Å²) in [7, 11) is 0. The van der Waals surface area contributed by atoms with Gasteiger partial charge in [0, 0.05) is 19.7 Å². The molecule has 1 unspecified atom stereocenters. The van der Waals surface area contributed by atoms with Crippen molar-refractivity contribution >= 4 is 34.1 Å². The van der Waals surface area contributed by atoms with Crippen LogP contribution in [-0.2, 0) is 9.53 Å². The molecule has 0 spiro atoms. The molecule has 132 valence electrons. The largest absolute Gasteiger partial charge is 0.376 e. The van der Waals surface area contributed by atoms with Crippen molar-refractivity contribution in [3.8, 4) is 0 Å². The number of ether oxygens (including phenoxy) is 1. The van der Waals surface area contributed by atoms with Crippen molar-refractivity contribution < 1.29 is 14.3 Å². The van der Waals surface area contributed by atoms with Crippen molar-refractivity contribution in [2.24, 2.45) is 0 Å². The van der Waals surface area contributed by atoms with Gasteiger partial charge < -0.3 is 10.1 Å². The number of carbonyl (C=O) groups excluding carboxylic acids is 2. The molecule has 1 atom stereocenters. The Morgan fingerprint density at radius 1 is 1.44 bits per heavy atom. The van der Waals surface area contributed by atoms with E-state index < -0.39 is 0 Å². The Balaban J connectivity index is 1.77. The SMILES string of the molecule is CC(=O)N(CC1CCCO1)c1nc(C)c(C(=O)Nc2ccccn2)s1. The molecule has 0 saturated carbocycles. The van der Waals surface area contributed by atoms with Crippen molar-refractivity contribution in [1.29, 1.82) is 0 Å². The van der Waals surface area contributed by atoms with E-state index in [0.29, 0.717) is 28.1 Å². The summed E-state index contributed by atoms with van der Waals surface area (Å²) in [6, 6.07) is 5.29. The van der Waals surface area contributed by atoms with Crippen LogP contribution in [0.1, 0.15) is 35.1 Å². The number of nitrogens with zero attached hydrogens (tertiary/aromatic N) is 3. The minimum absolute atomic E-state index is 0.0268. The van der Waals surface area contributed by atoms with Crippen LogP contribution in [0.15, 0.2) is 24.4 Å². The summed E-state index contributed by atoms with van der Waals surface area (Å²) in [6.45, 7) is 4.45. The topological polar surface area (TPSA) is 84.4 Å². The average Bonchev–Trinajstić information content (AvgIpc) is 3.22. The highest BCUT2D eigenvalue weighted by molar-refractivity contribution is 7.17. The third-order valence-electron chi connectivity index (χ3n) is 3.92. The summed E-state index contributed by atoms with van der Waals surface area (Å²) >= 11 is 1.21. The van der Waals surface area contributed by atoms with E-state index in [9.17, 15) is 9.59 Å². The minimum atomic E-state index is -0.277. The Morgan fingerprint density at radius 2 is 2.28 bits per heavy atom. The van der Waals surface area contributed by atoms with Crippen molar-refractivity contribution in [2.75, 3.05) is 23.4 Å². The molecule has 0 aliphatic carbocycles. The van der Waals surface area contributed by atoms with Crippen LogP contribution in [0, 0.1) is 6.92 Å². The number of thiazole rings is 1. The van der Waals surface area contributed by atoms with Crippen molar-refractivity contribution in [3.05, 3.63) is 35.0 Å². The highest BCUT2D eigenvalue weighted by Gasteiger charge is 2.26. The van der Waals surface area contributed by atoms with Crippen molar-refractivity contribution in [3.63, 3.8) is 0 Å². The average molecular weight is 360 g/mol. The van der Waals surface area contributed by atoms with Gasteiger partial charge in [-0.2, -0.15) is 0 Å². The van der Waals surface area contributed by atoms with Gasteiger partial charge in [0.05, 0.1) is 18.3 Å². The van der Waals surface area contributed by atoms with Gasteiger partial charge in [-0.3, -0.25) is 14.5 Å². The van der Waals surface area contributed by atoms with Crippen LogP contribution in [0.4, 0.5) is 10.9 Å². The number of hydrogen-bond acceptors (Lipinski definition) is 6. The molecule has 1 fully saturated rings. The lowest BCUT2D eigenvalue weighted by molar-refractivity contribution is -0.116. The van der Waals surface area contributed by atoms with Crippen molar-refractivity contribution in [2.45, 2.75) is 32.8 Å². The van der Waals surface area contributed by atoms with E-state index in [2.05, 4.69) is 15.3 Å². The molecule has 8 heteroatoms. The predicted molar refractivity (Wildman–Crippen MR) is 96.0 cm³/mol. The molecule has 3 heterocycles. The Bertz CT molecular complexity index is 757. The number of aryl methyl sites for hydroxylation is 1. The molecule has 25 heavy (non-hydrogen) atoms. The lowest BCUT2D eigenvalue weighted by Gasteiger charge is -2.21. The highest BCUT2D eigenvalue weighted by atomic mass is 32.1. The third-order valence-corrected chi connectivity index (χ3v) is 5.10. The standard InChI is InChI=1S/C17H20N4O3S/c1-11-15(16(23)20-14-7-3-4-8-18-14)25-17(19-11)21(12(2)22)10-13-6-5-9-24-13/h3-4,7-8,13H,5-6,9-10H2,1-2H3,(H,18,20,23). The number of aromatic nitrogens is 2. The summed E-state index contributed by atoms with van der Waals surface area (Å²) in [5.41, 5.74) is 0.590. The summed E-state index contributed by atoms with van der Waals surface area (Å²) < 4.78 is 5.61. The van der Waals surface area contributed by atoms with Gasteiger partial charge in [0.15, 0.2) is 5.13 Å². The van der Waals surface area contributed by atoms with E-state index in [4.69, 9.17) is 4.74 Å². The minimum Gasteiger partial charge on any atom is -0.376 e. The van der Waals surface area contributed by atoms with Gasteiger partial charge in [0.2, 0.25) is 5.91 Å². The molecule has 2 amide bonds. The van der Waals surface area contributed by atoms with Gasteiger partial charge in [-0.1, -0.05) is 17.4 Å². The zero-order valence-electron chi connectivity index (χ0n) is 14.2. The van der Waals surface area contributed by atoms with Gasteiger partial charge in [0.25, 0.3) is 5.91 Å². The number of anilines is 2. The Labute approximate surface area is 150 Å². The first-order valence-electron chi connectivity index (χ1n) is 8.14. The normalized spacial score (nSPS) is 16.6. The summed E-state index contributed by atoms with van der Waals surface area (Å²) in [6.07, 6.45) is 3.57. The molecule has 0 radical (unpaired) electrons. The van der Waals surface area contributed by atoms with E-state index in [0.717, 1.165) is 19.4 Å². The van der Waals surface area contributed by atoms with Gasteiger partial charge in [-0.05, 0) is 31.9 Å². The van der Waals surface area contributed by atoms with Gasteiger partial charge in [0.1, 0.15) is 10.7 Å². The van der Waals surface area contributed by atoms with E-state index >= 15 is 0 Å². The summed E-state index contributed by atoms with van der Waals surface area (Å²) in [5.74, 6) is 0.0890. The zero-order valence-corrected chi connectivity index (χ0v) is 15.0. The molecule has 2 aromatic heterocycles. The molecule has 7 nitrogen and oxygen atoms in total. The van der Waals surface area contributed by atoms with Gasteiger partial charge in [-0.15, -0.1) is 0 Å². The van der Waals surface area contributed by atoms with Crippen LogP contribution in [0.25, 0.3) is 0 Å². The number of pyridine rings is 1. The fourth-order valence-corrected chi connectivity index (χ4v) is 3.67. The molecular weight excluding hydrogens is 340 g/mol. The Morgan fingerprint density at radius 3 is 2.92 bits per heavy atom. The van der Waals surface area contributed by atoms with Crippen LogP contribution < -0.4 is 10.2 Å². The Hall–Kier alpha value is -2.32. The molecule has 3 rings (SSSR count). The van der Waals surface area contributed by atoms with E-state index in [1.807, 2.05) is 0 Å². The lowest BCUT2D eigenvalue weighted by atomic mass is 10.2. The molecule has 0 aromatic carbocycles. The first-order valence-corrected chi connectivity index (χ1v) is 8.96. The van der Waals surface area contributed by atoms with Crippen molar-refractivity contribution in [1.82, 2.24) is 9.97 Å². The smallest absolute Gasteiger partial charge is 0.268 e. The lowest BCUT2D eigenvalue weighted by Crippen LogP contribution is -2.35. The van der Waals surface area contributed by atoms with Crippen LogP contribution in [0.3, 0.4) is 0 Å². The molecule has 1 aliphatic rings. The molecule has 1 saturated heterocycles.